The number of anilines is 2. The molecule has 0 spiro atoms. The highest BCUT2D eigenvalue weighted by atomic mass is 35.5. The SMILES string of the molecule is O=C(NCCOc1ccccc1)c1cccc(-c2cnc3c(c2)N(Cc2cc(Cl)ccc2C(F)(F)F)CCN3)c1. The van der Waals surface area contributed by atoms with Crippen LogP contribution in [-0.2, 0) is 12.7 Å². The number of nitrogens with zero attached hydrogens (tertiary/aromatic N) is 2. The maximum Gasteiger partial charge on any atom is 0.416 e. The number of pyridine rings is 1. The summed E-state index contributed by atoms with van der Waals surface area (Å²) >= 11 is 6.05. The van der Waals surface area contributed by atoms with Crippen molar-refractivity contribution in [2.24, 2.45) is 0 Å². The molecule has 1 amide bonds. The number of carbonyl (C=O) groups is 1. The number of ether oxygens (including phenoxy) is 1. The summed E-state index contributed by atoms with van der Waals surface area (Å²) in [6.45, 7) is 1.70. The minimum Gasteiger partial charge on any atom is -0.492 e. The van der Waals surface area contributed by atoms with Crippen molar-refractivity contribution in [1.29, 1.82) is 0 Å². The second-order valence-electron chi connectivity index (χ2n) is 9.24. The number of hydrogen-bond donors (Lipinski definition) is 2. The van der Waals surface area contributed by atoms with Gasteiger partial charge in [-0.3, -0.25) is 4.79 Å². The summed E-state index contributed by atoms with van der Waals surface area (Å²) in [5, 5.41) is 6.30. The fraction of sp³-hybridized carbons (Fsp3) is 0.200. The van der Waals surface area contributed by atoms with Crippen LogP contribution in [0.3, 0.4) is 0 Å². The summed E-state index contributed by atoms with van der Waals surface area (Å²) in [4.78, 5) is 19.1. The Labute approximate surface area is 234 Å². The highest BCUT2D eigenvalue weighted by Gasteiger charge is 2.34. The van der Waals surface area contributed by atoms with Gasteiger partial charge in [-0.1, -0.05) is 41.9 Å². The molecule has 0 fully saturated rings. The zero-order valence-electron chi connectivity index (χ0n) is 21.3. The van der Waals surface area contributed by atoms with Crippen molar-refractivity contribution >= 4 is 29.0 Å². The van der Waals surface area contributed by atoms with E-state index in [1.807, 2.05) is 47.4 Å². The van der Waals surface area contributed by atoms with E-state index in [-0.39, 0.29) is 23.0 Å². The normalized spacial score (nSPS) is 12.8. The molecule has 40 heavy (non-hydrogen) atoms. The Balaban J connectivity index is 1.32. The summed E-state index contributed by atoms with van der Waals surface area (Å²) in [7, 11) is 0. The number of hydrogen-bond acceptors (Lipinski definition) is 5. The number of para-hydroxylation sites is 1. The molecule has 0 aliphatic carbocycles. The van der Waals surface area contributed by atoms with Gasteiger partial charge >= 0.3 is 6.18 Å². The number of alkyl halides is 3. The van der Waals surface area contributed by atoms with Crippen LogP contribution in [0.2, 0.25) is 5.02 Å². The molecule has 1 aliphatic heterocycles. The smallest absolute Gasteiger partial charge is 0.416 e. The van der Waals surface area contributed by atoms with Crippen molar-refractivity contribution in [3.63, 3.8) is 0 Å². The van der Waals surface area contributed by atoms with Gasteiger partial charge in [0.1, 0.15) is 18.2 Å². The quantitative estimate of drug-likeness (QED) is 0.233. The van der Waals surface area contributed by atoms with Crippen LogP contribution < -0.4 is 20.3 Å². The molecule has 0 saturated heterocycles. The van der Waals surface area contributed by atoms with Crippen LogP contribution >= 0.6 is 11.6 Å². The summed E-state index contributed by atoms with van der Waals surface area (Å²) in [6, 6.07) is 22.0. The maximum absolute atomic E-state index is 13.7. The topological polar surface area (TPSA) is 66.5 Å². The molecule has 0 radical (unpaired) electrons. The first-order chi connectivity index (χ1) is 19.3. The molecule has 2 N–H and O–H groups in total. The van der Waals surface area contributed by atoms with E-state index in [2.05, 4.69) is 15.6 Å². The third kappa shape index (κ3) is 6.48. The van der Waals surface area contributed by atoms with Crippen LogP contribution in [0.25, 0.3) is 11.1 Å². The van der Waals surface area contributed by atoms with Crippen molar-refractivity contribution in [3.05, 3.63) is 107 Å². The van der Waals surface area contributed by atoms with E-state index in [0.29, 0.717) is 43.3 Å². The highest BCUT2D eigenvalue weighted by Crippen LogP contribution is 2.37. The molecular formula is C30H26ClF3N4O2. The Bertz CT molecular complexity index is 1500. The number of rotatable bonds is 8. The standard InChI is InChI=1S/C30H26ClF3N4O2/c31-24-9-10-26(30(32,33)34)23(16-24)19-38-13-11-35-28-27(38)17-22(18-37-28)20-5-4-6-21(15-20)29(39)36-12-14-40-25-7-2-1-3-8-25/h1-10,15-18H,11-14,19H2,(H,35,37)(H,36,39). The second kappa shape index (κ2) is 11.9. The first-order valence-electron chi connectivity index (χ1n) is 12.7. The Morgan fingerprint density at radius 2 is 1.85 bits per heavy atom. The number of nitrogens with one attached hydrogen (secondary N) is 2. The fourth-order valence-corrected chi connectivity index (χ4v) is 4.74. The average Bonchev–Trinajstić information content (AvgIpc) is 2.95. The zero-order chi connectivity index (χ0) is 28.1. The van der Waals surface area contributed by atoms with Gasteiger partial charge in [0.05, 0.1) is 17.8 Å². The van der Waals surface area contributed by atoms with Gasteiger partial charge < -0.3 is 20.3 Å². The number of benzene rings is 3. The fourth-order valence-electron chi connectivity index (χ4n) is 4.55. The van der Waals surface area contributed by atoms with E-state index < -0.39 is 11.7 Å². The predicted molar refractivity (Wildman–Crippen MR) is 150 cm³/mol. The molecule has 3 aromatic carbocycles. The van der Waals surface area contributed by atoms with E-state index in [0.717, 1.165) is 22.9 Å². The van der Waals surface area contributed by atoms with Crippen molar-refractivity contribution in [3.8, 4) is 16.9 Å². The van der Waals surface area contributed by atoms with Gasteiger partial charge in [0.2, 0.25) is 0 Å². The van der Waals surface area contributed by atoms with Gasteiger partial charge in [-0.2, -0.15) is 13.2 Å². The van der Waals surface area contributed by atoms with Crippen LogP contribution in [0.4, 0.5) is 24.7 Å². The van der Waals surface area contributed by atoms with E-state index in [1.54, 1.807) is 24.4 Å². The summed E-state index contributed by atoms with van der Waals surface area (Å²) in [5.41, 5.74) is 2.01. The number of amides is 1. The molecule has 0 unspecified atom stereocenters. The first-order valence-corrected chi connectivity index (χ1v) is 13.1. The van der Waals surface area contributed by atoms with Gasteiger partial charge in [-0.05, 0) is 59.7 Å². The average molecular weight is 567 g/mol. The zero-order valence-corrected chi connectivity index (χ0v) is 22.1. The summed E-state index contributed by atoms with van der Waals surface area (Å²) in [5.74, 6) is 1.07. The molecule has 10 heteroatoms. The van der Waals surface area contributed by atoms with E-state index in [9.17, 15) is 18.0 Å². The van der Waals surface area contributed by atoms with Crippen LogP contribution in [0.1, 0.15) is 21.5 Å². The van der Waals surface area contributed by atoms with Gasteiger partial charge in [-0.15, -0.1) is 0 Å². The molecule has 5 rings (SSSR count). The van der Waals surface area contributed by atoms with Crippen molar-refractivity contribution in [2.45, 2.75) is 12.7 Å². The minimum atomic E-state index is -4.49. The lowest BCUT2D eigenvalue weighted by Gasteiger charge is -2.32. The molecule has 2 heterocycles. The van der Waals surface area contributed by atoms with Gasteiger partial charge in [0, 0.05) is 42.0 Å². The van der Waals surface area contributed by atoms with Crippen LogP contribution in [-0.4, -0.2) is 37.1 Å². The Morgan fingerprint density at radius 1 is 1.02 bits per heavy atom. The molecule has 4 aromatic rings. The van der Waals surface area contributed by atoms with Gasteiger partial charge in [0.25, 0.3) is 5.91 Å². The molecule has 0 saturated carbocycles. The minimum absolute atomic E-state index is 0.0166. The monoisotopic (exact) mass is 566 g/mol. The van der Waals surface area contributed by atoms with Crippen molar-refractivity contribution < 1.29 is 22.7 Å². The summed E-state index contributed by atoms with van der Waals surface area (Å²) < 4.78 is 46.6. The molecule has 0 bridgehead atoms. The van der Waals surface area contributed by atoms with Crippen molar-refractivity contribution in [1.82, 2.24) is 10.3 Å². The third-order valence-corrected chi connectivity index (χ3v) is 6.71. The Morgan fingerprint density at radius 3 is 2.65 bits per heavy atom. The Kier molecular flexibility index (Phi) is 8.11. The van der Waals surface area contributed by atoms with E-state index in [1.165, 1.54) is 12.1 Å². The molecule has 206 valence electrons. The van der Waals surface area contributed by atoms with Gasteiger partial charge in [-0.25, -0.2) is 4.98 Å². The molecule has 6 nitrogen and oxygen atoms in total. The van der Waals surface area contributed by atoms with E-state index >= 15 is 0 Å². The largest absolute Gasteiger partial charge is 0.492 e. The number of carbonyl (C=O) groups excluding carboxylic acids is 1. The molecule has 0 atom stereocenters. The third-order valence-electron chi connectivity index (χ3n) is 6.47. The van der Waals surface area contributed by atoms with Crippen LogP contribution in [0.5, 0.6) is 5.75 Å². The molecule has 1 aromatic heterocycles. The maximum atomic E-state index is 13.7. The molecule has 1 aliphatic rings. The van der Waals surface area contributed by atoms with Crippen molar-refractivity contribution in [2.75, 3.05) is 36.5 Å². The van der Waals surface area contributed by atoms with Crippen LogP contribution in [0.15, 0.2) is 85.1 Å². The number of aromatic nitrogens is 1. The van der Waals surface area contributed by atoms with Gasteiger partial charge in [0.15, 0.2) is 0 Å². The number of halogens is 4. The Hall–Kier alpha value is -4.24. The van der Waals surface area contributed by atoms with Crippen LogP contribution in [0, 0.1) is 0 Å². The van der Waals surface area contributed by atoms with E-state index in [4.69, 9.17) is 16.3 Å². The highest BCUT2D eigenvalue weighted by molar-refractivity contribution is 6.30. The first kappa shape index (κ1) is 27.3. The summed E-state index contributed by atoms with van der Waals surface area (Å²) in [6.07, 6.45) is -2.81. The lowest BCUT2D eigenvalue weighted by Crippen LogP contribution is -2.34. The molecular weight excluding hydrogens is 541 g/mol. The lowest BCUT2D eigenvalue weighted by atomic mass is 10.0. The number of fused-ring (bicyclic) bond motifs is 1. The second-order valence-corrected chi connectivity index (χ2v) is 9.67. The lowest BCUT2D eigenvalue weighted by molar-refractivity contribution is -0.138. The predicted octanol–water partition coefficient (Wildman–Crippen LogP) is 6.66.